The lowest BCUT2D eigenvalue weighted by atomic mass is 9.89. The van der Waals surface area contributed by atoms with E-state index in [4.69, 9.17) is 9.84 Å². The topological polar surface area (TPSA) is 91.8 Å². The van der Waals surface area contributed by atoms with Gasteiger partial charge in [0.15, 0.2) is 5.13 Å². The summed E-state index contributed by atoms with van der Waals surface area (Å²) in [6.45, 7) is 0.657. The van der Waals surface area contributed by atoms with Crippen LogP contribution in [0.25, 0.3) is 0 Å². The van der Waals surface area contributed by atoms with Crippen molar-refractivity contribution in [2.45, 2.75) is 36.3 Å². The first-order valence-electron chi connectivity index (χ1n) is 9.58. The number of amides is 2. The summed E-state index contributed by atoms with van der Waals surface area (Å²) in [4.78, 5) is 29.8. The molecule has 0 bridgehead atoms. The normalized spacial score (nSPS) is 14.4. The molecule has 0 unspecified atom stereocenters. The summed E-state index contributed by atoms with van der Waals surface area (Å²) in [6, 6.07) is 7.24. The van der Waals surface area contributed by atoms with Crippen LogP contribution in [0.15, 0.2) is 34.7 Å². The first-order valence-corrected chi connectivity index (χ1v) is 11.4. The van der Waals surface area contributed by atoms with Crippen LogP contribution in [0.2, 0.25) is 0 Å². The maximum atomic E-state index is 13.1. The van der Waals surface area contributed by atoms with E-state index in [2.05, 4.69) is 10.3 Å². The monoisotopic (exact) mass is 435 g/mol. The van der Waals surface area contributed by atoms with Crippen LogP contribution in [0.5, 0.6) is 5.75 Å². The van der Waals surface area contributed by atoms with Crippen molar-refractivity contribution in [3.63, 3.8) is 0 Å². The summed E-state index contributed by atoms with van der Waals surface area (Å²) in [5.41, 5.74) is 0.811. The molecule has 9 heteroatoms. The molecule has 1 heterocycles. The van der Waals surface area contributed by atoms with Gasteiger partial charge in [-0.15, -0.1) is 11.8 Å². The number of methoxy groups -OCH3 is 1. The molecular weight excluding hydrogens is 410 g/mol. The SMILES string of the molecule is COc1ccc(N(CC2CCCCC2)C(=O)Nc2ncc(SCC(=O)O)s2)cc1. The highest BCUT2D eigenvalue weighted by atomic mass is 32.2. The number of carbonyl (C=O) groups excluding carboxylic acids is 1. The standard InChI is InChI=1S/C20H25N3O4S2/c1-27-16-9-7-15(8-10-16)23(12-14-5-3-2-4-6-14)20(26)22-19-21-11-18(29-19)28-13-17(24)25/h7-11,14H,2-6,12-13H2,1H3,(H,24,25)(H,21,22,26). The van der Waals surface area contributed by atoms with Crippen LogP contribution in [-0.2, 0) is 4.79 Å². The molecule has 0 aliphatic heterocycles. The van der Waals surface area contributed by atoms with Crippen LogP contribution in [0, 0.1) is 5.92 Å². The zero-order chi connectivity index (χ0) is 20.6. The Morgan fingerprint density at radius 2 is 2.00 bits per heavy atom. The highest BCUT2D eigenvalue weighted by Gasteiger charge is 2.23. The number of rotatable bonds is 8. The smallest absolute Gasteiger partial charge is 0.328 e. The third kappa shape index (κ3) is 6.37. The van der Waals surface area contributed by atoms with Gasteiger partial charge >= 0.3 is 12.0 Å². The number of hydrogen-bond donors (Lipinski definition) is 2. The van der Waals surface area contributed by atoms with E-state index in [0.717, 1.165) is 28.5 Å². The summed E-state index contributed by atoms with van der Waals surface area (Å²) in [7, 11) is 1.62. The Labute approximate surface area is 178 Å². The van der Waals surface area contributed by atoms with Crippen molar-refractivity contribution in [2.75, 3.05) is 29.6 Å². The van der Waals surface area contributed by atoms with Crippen molar-refractivity contribution in [2.24, 2.45) is 5.92 Å². The molecule has 156 valence electrons. The Balaban J connectivity index is 1.71. The van der Waals surface area contributed by atoms with Crippen LogP contribution >= 0.6 is 23.1 Å². The fourth-order valence-corrected chi connectivity index (χ4v) is 4.95. The number of anilines is 2. The van der Waals surface area contributed by atoms with Gasteiger partial charge in [0.2, 0.25) is 0 Å². The number of carboxylic acids is 1. The number of thioether (sulfide) groups is 1. The third-order valence-electron chi connectivity index (χ3n) is 4.83. The van der Waals surface area contributed by atoms with E-state index in [1.54, 1.807) is 18.2 Å². The number of nitrogens with one attached hydrogen (secondary N) is 1. The molecular formula is C20H25N3O4S2. The van der Waals surface area contributed by atoms with E-state index >= 15 is 0 Å². The molecule has 2 N–H and O–H groups in total. The second kappa shape index (κ2) is 10.5. The van der Waals surface area contributed by atoms with Gasteiger partial charge in [0.1, 0.15) is 5.75 Å². The number of aliphatic carboxylic acids is 1. The minimum absolute atomic E-state index is 0.0325. The summed E-state index contributed by atoms with van der Waals surface area (Å²) in [6.07, 6.45) is 7.53. The second-order valence-corrected chi connectivity index (χ2v) is 9.22. The molecule has 1 saturated carbocycles. The molecule has 0 spiro atoms. The Morgan fingerprint density at radius 3 is 2.66 bits per heavy atom. The van der Waals surface area contributed by atoms with Crippen LogP contribution in [0.3, 0.4) is 0 Å². The van der Waals surface area contributed by atoms with E-state index in [0.29, 0.717) is 17.6 Å². The molecule has 1 aromatic heterocycles. The molecule has 1 aliphatic carbocycles. The Kier molecular flexibility index (Phi) is 7.76. The van der Waals surface area contributed by atoms with Crippen LogP contribution < -0.4 is 15.0 Å². The third-order valence-corrected chi connectivity index (χ3v) is 6.92. The molecule has 0 saturated heterocycles. The van der Waals surface area contributed by atoms with Gasteiger partial charge in [-0.05, 0) is 43.0 Å². The van der Waals surface area contributed by atoms with Gasteiger partial charge in [-0.2, -0.15) is 0 Å². The average molecular weight is 436 g/mol. The van der Waals surface area contributed by atoms with Crippen LogP contribution in [0.1, 0.15) is 32.1 Å². The van der Waals surface area contributed by atoms with Gasteiger partial charge in [-0.25, -0.2) is 9.78 Å². The highest BCUT2D eigenvalue weighted by molar-refractivity contribution is 8.01. The number of thiazole rings is 1. The number of aromatic nitrogens is 1. The zero-order valence-electron chi connectivity index (χ0n) is 16.3. The minimum atomic E-state index is -0.882. The van der Waals surface area contributed by atoms with Gasteiger partial charge in [0.05, 0.1) is 23.3 Å². The number of hydrogen-bond acceptors (Lipinski definition) is 6. The Hall–Kier alpha value is -2.26. The molecule has 1 aromatic carbocycles. The number of carbonyl (C=O) groups is 2. The first kappa shape index (κ1) is 21.4. The van der Waals surface area contributed by atoms with Crippen molar-refractivity contribution in [3.8, 4) is 5.75 Å². The van der Waals surface area contributed by atoms with E-state index in [-0.39, 0.29) is 11.8 Å². The number of urea groups is 1. The Morgan fingerprint density at radius 1 is 1.28 bits per heavy atom. The van der Waals surface area contributed by atoms with E-state index in [1.807, 2.05) is 24.3 Å². The van der Waals surface area contributed by atoms with E-state index in [1.165, 1.54) is 42.4 Å². The summed E-state index contributed by atoms with van der Waals surface area (Å²) in [5, 5.41) is 12.1. The molecule has 7 nitrogen and oxygen atoms in total. The van der Waals surface area contributed by atoms with Gasteiger partial charge in [0.25, 0.3) is 0 Å². The predicted molar refractivity (Wildman–Crippen MR) is 116 cm³/mol. The molecule has 1 aliphatic rings. The number of nitrogens with zero attached hydrogens (tertiary/aromatic N) is 2. The van der Waals surface area contributed by atoms with Gasteiger partial charge in [-0.3, -0.25) is 15.0 Å². The van der Waals surface area contributed by atoms with Crippen LogP contribution in [-0.4, -0.2) is 41.5 Å². The largest absolute Gasteiger partial charge is 0.497 e. The van der Waals surface area contributed by atoms with Gasteiger partial charge < -0.3 is 9.84 Å². The highest BCUT2D eigenvalue weighted by Crippen LogP contribution is 2.30. The fraction of sp³-hybridized carbons (Fsp3) is 0.450. The molecule has 29 heavy (non-hydrogen) atoms. The zero-order valence-corrected chi connectivity index (χ0v) is 17.9. The summed E-state index contributed by atoms with van der Waals surface area (Å²) >= 11 is 2.47. The van der Waals surface area contributed by atoms with Crippen molar-refractivity contribution < 1.29 is 19.4 Å². The predicted octanol–water partition coefficient (Wildman–Crippen LogP) is 4.95. The molecule has 3 rings (SSSR count). The lowest BCUT2D eigenvalue weighted by Crippen LogP contribution is -2.39. The minimum Gasteiger partial charge on any atom is -0.497 e. The molecule has 1 fully saturated rings. The van der Waals surface area contributed by atoms with E-state index in [9.17, 15) is 9.59 Å². The number of carboxylic acid groups (broad SMARTS) is 1. The van der Waals surface area contributed by atoms with Crippen molar-refractivity contribution in [1.82, 2.24) is 4.98 Å². The average Bonchev–Trinajstić information content (AvgIpc) is 3.18. The lowest BCUT2D eigenvalue weighted by Gasteiger charge is -2.29. The maximum Gasteiger partial charge on any atom is 0.328 e. The van der Waals surface area contributed by atoms with E-state index < -0.39 is 5.97 Å². The number of ether oxygens (including phenoxy) is 1. The Bertz CT molecular complexity index is 819. The second-order valence-electron chi connectivity index (χ2n) is 6.91. The van der Waals surface area contributed by atoms with Crippen LogP contribution in [0.4, 0.5) is 15.6 Å². The van der Waals surface area contributed by atoms with Gasteiger partial charge in [-0.1, -0.05) is 30.6 Å². The van der Waals surface area contributed by atoms with Crippen molar-refractivity contribution in [3.05, 3.63) is 30.5 Å². The summed E-state index contributed by atoms with van der Waals surface area (Å²) in [5.74, 6) is 0.309. The lowest BCUT2D eigenvalue weighted by molar-refractivity contribution is -0.133. The first-order chi connectivity index (χ1) is 14.0. The molecule has 0 atom stereocenters. The number of benzene rings is 1. The van der Waals surface area contributed by atoms with Crippen molar-refractivity contribution >= 4 is 45.9 Å². The maximum absolute atomic E-state index is 13.1. The van der Waals surface area contributed by atoms with Crippen molar-refractivity contribution in [1.29, 1.82) is 0 Å². The fourth-order valence-electron chi connectivity index (χ4n) is 3.37. The quantitative estimate of drug-likeness (QED) is 0.570. The molecule has 0 radical (unpaired) electrons. The molecule has 2 aromatic rings. The van der Waals surface area contributed by atoms with Gasteiger partial charge in [0, 0.05) is 12.2 Å². The molecule has 2 amide bonds. The summed E-state index contributed by atoms with van der Waals surface area (Å²) < 4.78 is 5.98.